The lowest BCUT2D eigenvalue weighted by molar-refractivity contribution is 0.735. The van der Waals surface area contributed by atoms with Gasteiger partial charge in [-0.25, -0.2) is 4.98 Å². The molecule has 1 heterocycles. The van der Waals surface area contributed by atoms with Gasteiger partial charge in [0.1, 0.15) is 5.82 Å². The summed E-state index contributed by atoms with van der Waals surface area (Å²) in [6.07, 6.45) is 3.90. The van der Waals surface area contributed by atoms with Crippen LogP contribution in [0.25, 0.3) is 0 Å². The number of nitrogens with one attached hydrogen (secondary N) is 1. The van der Waals surface area contributed by atoms with Crippen molar-refractivity contribution in [1.82, 2.24) is 9.97 Å². The average molecular weight is 194 g/mol. The lowest BCUT2D eigenvalue weighted by Crippen LogP contribution is -2.17. The Balaban J connectivity index is 2.98. The molecule has 1 aromatic rings. The van der Waals surface area contributed by atoms with Crippen LogP contribution in [0.5, 0.6) is 0 Å². The normalized spacial score (nSPS) is 10.5. The highest BCUT2D eigenvalue weighted by molar-refractivity contribution is 5.15. The van der Waals surface area contributed by atoms with E-state index in [1.807, 2.05) is 13.8 Å². The molecule has 0 aliphatic heterocycles. The second-order valence-corrected chi connectivity index (χ2v) is 3.54. The summed E-state index contributed by atoms with van der Waals surface area (Å²) in [7, 11) is 0. The number of unbranched alkanes of at least 4 members (excludes halogenated alkanes) is 1. The largest absolute Gasteiger partial charge is 0.310 e. The molecule has 0 amide bonds. The summed E-state index contributed by atoms with van der Waals surface area (Å²) < 4.78 is 0. The van der Waals surface area contributed by atoms with Crippen molar-refractivity contribution >= 4 is 0 Å². The maximum Gasteiger partial charge on any atom is 0.254 e. The van der Waals surface area contributed by atoms with Gasteiger partial charge in [0.15, 0.2) is 0 Å². The van der Waals surface area contributed by atoms with Gasteiger partial charge in [0.2, 0.25) is 0 Å². The SMILES string of the molecule is CCCCc1nc(CC)c(C)c(=O)[nH]1. The predicted molar refractivity (Wildman–Crippen MR) is 57.6 cm³/mol. The molecule has 0 unspecified atom stereocenters. The number of rotatable bonds is 4. The summed E-state index contributed by atoms with van der Waals surface area (Å²) in [5.41, 5.74) is 1.70. The monoisotopic (exact) mass is 194 g/mol. The molecule has 0 aromatic carbocycles. The first-order chi connectivity index (χ1) is 6.69. The Kier molecular flexibility index (Phi) is 3.86. The van der Waals surface area contributed by atoms with E-state index in [0.717, 1.165) is 42.8 Å². The van der Waals surface area contributed by atoms with Crippen LogP contribution in [0, 0.1) is 6.92 Å². The van der Waals surface area contributed by atoms with Crippen LogP contribution in [-0.4, -0.2) is 9.97 Å². The van der Waals surface area contributed by atoms with Crippen molar-refractivity contribution < 1.29 is 0 Å². The van der Waals surface area contributed by atoms with Gasteiger partial charge in [0.25, 0.3) is 5.56 Å². The Morgan fingerprint density at radius 2 is 2.07 bits per heavy atom. The molecule has 0 atom stereocenters. The van der Waals surface area contributed by atoms with E-state index in [1.54, 1.807) is 0 Å². The predicted octanol–water partition coefficient (Wildman–Crippen LogP) is 1.98. The van der Waals surface area contributed by atoms with Gasteiger partial charge in [-0.3, -0.25) is 4.79 Å². The van der Waals surface area contributed by atoms with Gasteiger partial charge in [0.05, 0.1) is 5.69 Å². The van der Waals surface area contributed by atoms with Crippen molar-refractivity contribution in [3.8, 4) is 0 Å². The second kappa shape index (κ2) is 4.94. The zero-order valence-corrected chi connectivity index (χ0v) is 9.18. The van der Waals surface area contributed by atoms with Crippen LogP contribution in [0.3, 0.4) is 0 Å². The van der Waals surface area contributed by atoms with Crippen molar-refractivity contribution in [3.05, 3.63) is 27.4 Å². The molecule has 0 fully saturated rings. The maximum atomic E-state index is 11.5. The molecule has 0 saturated heterocycles. The first-order valence-corrected chi connectivity index (χ1v) is 5.27. The molecule has 1 N–H and O–H groups in total. The molecule has 0 bridgehead atoms. The van der Waals surface area contributed by atoms with E-state index < -0.39 is 0 Å². The Bertz CT molecular complexity index is 355. The van der Waals surface area contributed by atoms with E-state index in [0.29, 0.717) is 0 Å². The van der Waals surface area contributed by atoms with E-state index in [2.05, 4.69) is 16.9 Å². The van der Waals surface area contributed by atoms with Crippen LogP contribution in [-0.2, 0) is 12.8 Å². The molecule has 0 radical (unpaired) electrons. The summed E-state index contributed by atoms with van der Waals surface area (Å²) in [5, 5.41) is 0. The van der Waals surface area contributed by atoms with Crippen molar-refractivity contribution in [2.24, 2.45) is 0 Å². The fourth-order valence-electron chi connectivity index (χ4n) is 1.44. The zero-order valence-electron chi connectivity index (χ0n) is 9.18. The Hall–Kier alpha value is -1.12. The van der Waals surface area contributed by atoms with Crippen molar-refractivity contribution in [3.63, 3.8) is 0 Å². The average Bonchev–Trinajstić information content (AvgIpc) is 2.19. The molecule has 0 aliphatic rings. The highest BCUT2D eigenvalue weighted by atomic mass is 16.1. The standard InChI is InChI=1S/C11H18N2O/c1-4-6-7-10-12-9(5-2)8(3)11(14)13-10/h4-7H2,1-3H3,(H,12,13,14). The van der Waals surface area contributed by atoms with E-state index in [1.165, 1.54) is 0 Å². The molecule has 14 heavy (non-hydrogen) atoms. The molecule has 0 spiro atoms. The van der Waals surface area contributed by atoms with E-state index in [4.69, 9.17) is 0 Å². The zero-order chi connectivity index (χ0) is 10.6. The van der Waals surface area contributed by atoms with Crippen LogP contribution in [0.2, 0.25) is 0 Å². The molecule has 3 nitrogen and oxygen atoms in total. The van der Waals surface area contributed by atoms with Gasteiger partial charge in [-0.1, -0.05) is 20.3 Å². The first-order valence-electron chi connectivity index (χ1n) is 5.27. The number of hydrogen-bond acceptors (Lipinski definition) is 2. The number of aryl methyl sites for hydroxylation is 2. The van der Waals surface area contributed by atoms with Crippen LogP contribution in [0.4, 0.5) is 0 Å². The number of H-pyrrole nitrogens is 1. The quantitative estimate of drug-likeness (QED) is 0.796. The van der Waals surface area contributed by atoms with Gasteiger partial charge < -0.3 is 4.98 Å². The molecule has 0 aliphatic carbocycles. The number of aromatic nitrogens is 2. The van der Waals surface area contributed by atoms with E-state index in [-0.39, 0.29) is 5.56 Å². The highest BCUT2D eigenvalue weighted by Crippen LogP contribution is 2.02. The third-order valence-corrected chi connectivity index (χ3v) is 2.40. The van der Waals surface area contributed by atoms with Gasteiger partial charge in [-0.05, 0) is 19.8 Å². The van der Waals surface area contributed by atoms with Crippen molar-refractivity contribution in [1.29, 1.82) is 0 Å². The van der Waals surface area contributed by atoms with Crippen LogP contribution in [0.15, 0.2) is 4.79 Å². The molecule has 1 aromatic heterocycles. The fraction of sp³-hybridized carbons (Fsp3) is 0.636. The summed E-state index contributed by atoms with van der Waals surface area (Å²) in [5.74, 6) is 0.833. The number of aromatic amines is 1. The summed E-state index contributed by atoms with van der Waals surface area (Å²) in [4.78, 5) is 18.7. The molecule has 78 valence electrons. The Labute approximate surface area is 84.6 Å². The minimum atomic E-state index is 0.0166. The third-order valence-electron chi connectivity index (χ3n) is 2.40. The minimum absolute atomic E-state index is 0.0166. The first kappa shape index (κ1) is 11.0. The van der Waals surface area contributed by atoms with E-state index in [9.17, 15) is 4.79 Å². The third kappa shape index (κ3) is 2.44. The summed E-state index contributed by atoms with van der Waals surface area (Å²) in [6, 6.07) is 0. The highest BCUT2D eigenvalue weighted by Gasteiger charge is 2.04. The maximum absolute atomic E-state index is 11.5. The van der Waals surface area contributed by atoms with Crippen molar-refractivity contribution in [2.75, 3.05) is 0 Å². The fourth-order valence-corrected chi connectivity index (χ4v) is 1.44. The minimum Gasteiger partial charge on any atom is -0.310 e. The van der Waals surface area contributed by atoms with Crippen LogP contribution >= 0.6 is 0 Å². The summed E-state index contributed by atoms with van der Waals surface area (Å²) >= 11 is 0. The van der Waals surface area contributed by atoms with Crippen LogP contribution < -0.4 is 5.56 Å². The molecular formula is C11H18N2O. The molecule has 1 rings (SSSR count). The van der Waals surface area contributed by atoms with Gasteiger partial charge in [-0.15, -0.1) is 0 Å². The lowest BCUT2D eigenvalue weighted by Gasteiger charge is -2.04. The van der Waals surface area contributed by atoms with Gasteiger partial charge in [-0.2, -0.15) is 0 Å². The Morgan fingerprint density at radius 3 is 2.64 bits per heavy atom. The molecule has 3 heteroatoms. The lowest BCUT2D eigenvalue weighted by atomic mass is 10.2. The number of nitrogens with zero attached hydrogens (tertiary/aromatic N) is 1. The molecule has 0 saturated carbocycles. The second-order valence-electron chi connectivity index (χ2n) is 3.54. The number of hydrogen-bond donors (Lipinski definition) is 1. The van der Waals surface area contributed by atoms with Crippen molar-refractivity contribution in [2.45, 2.75) is 46.5 Å². The van der Waals surface area contributed by atoms with E-state index >= 15 is 0 Å². The Morgan fingerprint density at radius 1 is 1.36 bits per heavy atom. The van der Waals surface area contributed by atoms with Crippen LogP contribution in [0.1, 0.15) is 43.8 Å². The topological polar surface area (TPSA) is 45.8 Å². The van der Waals surface area contributed by atoms with Gasteiger partial charge in [0, 0.05) is 12.0 Å². The van der Waals surface area contributed by atoms with Gasteiger partial charge >= 0.3 is 0 Å². The summed E-state index contributed by atoms with van der Waals surface area (Å²) in [6.45, 7) is 5.99. The molecular weight excluding hydrogens is 176 g/mol. The smallest absolute Gasteiger partial charge is 0.254 e.